The van der Waals surface area contributed by atoms with Crippen LogP contribution >= 0.6 is 11.3 Å². The molecule has 0 radical (unpaired) electrons. The number of aromatic nitrogens is 1. The molecular formula is C21H23N3O3S2. The minimum Gasteiger partial charge on any atom is -0.345 e. The maximum Gasteiger partial charge on any atom is 0.254 e. The monoisotopic (exact) mass is 429 g/mol. The summed E-state index contributed by atoms with van der Waals surface area (Å²) >= 11 is 1.49. The van der Waals surface area contributed by atoms with Gasteiger partial charge in [-0.2, -0.15) is 0 Å². The molecule has 0 aliphatic carbocycles. The molecule has 2 aromatic carbocycles. The number of fused-ring (bicyclic) bond motifs is 1. The van der Waals surface area contributed by atoms with Crippen molar-refractivity contribution >= 4 is 42.4 Å². The SMILES string of the molecule is Cc1ccc(C(=O)N2CCN(c3nc4ccc(S(C)(=O)=O)cc4s3)CC2)c(C)c1. The van der Waals surface area contributed by atoms with Crippen molar-refractivity contribution < 1.29 is 13.2 Å². The van der Waals surface area contributed by atoms with E-state index in [1.54, 1.807) is 18.2 Å². The van der Waals surface area contributed by atoms with Crippen LogP contribution < -0.4 is 4.90 Å². The fraction of sp³-hybridized carbons (Fsp3) is 0.333. The summed E-state index contributed by atoms with van der Waals surface area (Å²) in [6, 6.07) is 11.0. The third-order valence-corrected chi connectivity index (χ3v) is 7.42. The summed E-state index contributed by atoms with van der Waals surface area (Å²) in [5.74, 6) is 0.0734. The molecule has 1 amide bonds. The Balaban J connectivity index is 1.48. The van der Waals surface area contributed by atoms with Gasteiger partial charge in [0.15, 0.2) is 15.0 Å². The summed E-state index contributed by atoms with van der Waals surface area (Å²) in [7, 11) is -3.24. The van der Waals surface area contributed by atoms with E-state index in [-0.39, 0.29) is 5.91 Å². The lowest BCUT2D eigenvalue weighted by Gasteiger charge is -2.34. The molecule has 1 aliphatic heterocycles. The molecule has 3 aromatic rings. The van der Waals surface area contributed by atoms with E-state index in [0.29, 0.717) is 31.1 Å². The molecule has 1 fully saturated rings. The first-order chi connectivity index (χ1) is 13.7. The number of aryl methyl sites for hydroxylation is 2. The molecule has 0 bridgehead atoms. The van der Waals surface area contributed by atoms with E-state index in [2.05, 4.69) is 9.88 Å². The highest BCUT2D eigenvalue weighted by molar-refractivity contribution is 7.90. The average molecular weight is 430 g/mol. The first-order valence-electron chi connectivity index (χ1n) is 9.44. The number of rotatable bonds is 3. The van der Waals surface area contributed by atoms with Crippen molar-refractivity contribution in [3.05, 3.63) is 53.1 Å². The van der Waals surface area contributed by atoms with Crippen LogP contribution in [-0.2, 0) is 9.84 Å². The number of amides is 1. The molecule has 8 heteroatoms. The van der Waals surface area contributed by atoms with E-state index in [1.807, 2.05) is 36.9 Å². The van der Waals surface area contributed by atoms with Crippen LogP contribution in [0.1, 0.15) is 21.5 Å². The Bertz CT molecular complexity index is 1190. The molecular weight excluding hydrogens is 406 g/mol. The smallest absolute Gasteiger partial charge is 0.254 e. The Labute approximate surface area is 174 Å². The molecule has 0 N–H and O–H groups in total. The Hall–Kier alpha value is -2.45. The van der Waals surface area contributed by atoms with Crippen LogP contribution in [0.25, 0.3) is 10.2 Å². The van der Waals surface area contributed by atoms with Gasteiger partial charge in [0.2, 0.25) is 0 Å². The Morgan fingerprint density at radius 3 is 2.41 bits per heavy atom. The molecule has 2 heterocycles. The van der Waals surface area contributed by atoms with Gasteiger partial charge < -0.3 is 9.80 Å². The average Bonchev–Trinajstić information content (AvgIpc) is 3.10. The predicted octanol–water partition coefficient (Wildman–Crippen LogP) is 3.28. The van der Waals surface area contributed by atoms with Gasteiger partial charge in [-0.05, 0) is 43.7 Å². The van der Waals surface area contributed by atoms with Gasteiger partial charge in [0.25, 0.3) is 5.91 Å². The summed E-state index contributed by atoms with van der Waals surface area (Å²) < 4.78 is 24.4. The van der Waals surface area contributed by atoms with Crippen LogP contribution in [0.15, 0.2) is 41.3 Å². The summed E-state index contributed by atoms with van der Waals surface area (Å²) in [6.07, 6.45) is 1.21. The molecule has 0 saturated carbocycles. The van der Waals surface area contributed by atoms with Gasteiger partial charge in [0, 0.05) is 38.0 Å². The second-order valence-corrected chi connectivity index (χ2v) is 10.5. The minimum atomic E-state index is -3.24. The van der Waals surface area contributed by atoms with Crippen molar-refractivity contribution in [2.75, 3.05) is 37.3 Å². The summed E-state index contributed by atoms with van der Waals surface area (Å²) in [5, 5.41) is 0.865. The normalized spacial score (nSPS) is 15.1. The number of thiazole rings is 1. The highest BCUT2D eigenvalue weighted by atomic mass is 32.2. The van der Waals surface area contributed by atoms with Crippen molar-refractivity contribution in [3.8, 4) is 0 Å². The van der Waals surface area contributed by atoms with Crippen LogP contribution in [0.4, 0.5) is 5.13 Å². The van der Waals surface area contributed by atoms with Crippen molar-refractivity contribution in [3.63, 3.8) is 0 Å². The van der Waals surface area contributed by atoms with Gasteiger partial charge >= 0.3 is 0 Å². The van der Waals surface area contributed by atoms with Gasteiger partial charge in [0.05, 0.1) is 15.1 Å². The fourth-order valence-corrected chi connectivity index (χ4v) is 5.36. The minimum absolute atomic E-state index is 0.0734. The van der Waals surface area contributed by atoms with Crippen molar-refractivity contribution in [2.24, 2.45) is 0 Å². The maximum absolute atomic E-state index is 12.9. The second-order valence-electron chi connectivity index (χ2n) is 7.50. The molecule has 0 unspecified atom stereocenters. The van der Waals surface area contributed by atoms with E-state index in [1.165, 1.54) is 17.6 Å². The molecule has 4 rings (SSSR count). The highest BCUT2D eigenvalue weighted by Gasteiger charge is 2.25. The van der Waals surface area contributed by atoms with Crippen LogP contribution in [0.5, 0.6) is 0 Å². The van der Waals surface area contributed by atoms with Crippen molar-refractivity contribution in [1.29, 1.82) is 0 Å². The van der Waals surface area contributed by atoms with Crippen LogP contribution in [0.2, 0.25) is 0 Å². The van der Waals surface area contributed by atoms with Crippen LogP contribution in [0.3, 0.4) is 0 Å². The molecule has 1 aromatic heterocycles. The number of carbonyl (C=O) groups excluding carboxylic acids is 1. The third-order valence-electron chi connectivity index (χ3n) is 5.23. The zero-order valence-corrected chi connectivity index (χ0v) is 18.3. The summed E-state index contributed by atoms with van der Waals surface area (Å²) in [5.41, 5.74) is 3.72. The third kappa shape index (κ3) is 4.00. The molecule has 152 valence electrons. The number of anilines is 1. The van der Waals surface area contributed by atoms with E-state index < -0.39 is 9.84 Å². The van der Waals surface area contributed by atoms with Gasteiger partial charge in [-0.25, -0.2) is 13.4 Å². The van der Waals surface area contributed by atoms with E-state index in [4.69, 9.17) is 0 Å². The fourth-order valence-electron chi connectivity index (χ4n) is 3.58. The zero-order chi connectivity index (χ0) is 20.8. The standard InChI is InChI=1S/C21H23N3O3S2/c1-14-4-6-17(15(2)12-14)20(25)23-8-10-24(11-9-23)21-22-18-7-5-16(29(3,26)27)13-19(18)28-21/h4-7,12-13H,8-11H2,1-3H3. The number of hydrogen-bond acceptors (Lipinski definition) is 6. The molecule has 0 atom stereocenters. The van der Waals surface area contributed by atoms with E-state index in [0.717, 1.165) is 32.0 Å². The van der Waals surface area contributed by atoms with Crippen molar-refractivity contribution in [2.45, 2.75) is 18.7 Å². The Morgan fingerprint density at radius 2 is 1.76 bits per heavy atom. The number of hydrogen-bond donors (Lipinski definition) is 0. The molecule has 6 nitrogen and oxygen atoms in total. The highest BCUT2D eigenvalue weighted by Crippen LogP contribution is 2.31. The predicted molar refractivity (Wildman–Crippen MR) is 117 cm³/mol. The molecule has 1 saturated heterocycles. The number of nitrogens with zero attached hydrogens (tertiary/aromatic N) is 3. The van der Waals surface area contributed by atoms with Crippen molar-refractivity contribution in [1.82, 2.24) is 9.88 Å². The molecule has 1 aliphatic rings. The molecule has 0 spiro atoms. The van der Waals surface area contributed by atoms with Gasteiger partial charge in [-0.1, -0.05) is 29.0 Å². The topological polar surface area (TPSA) is 70.6 Å². The zero-order valence-electron chi connectivity index (χ0n) is 16.7. The Morgan fingerprint density at radius 1 is 1.03 bits per heavy atom. The Kier molecular flexibility index (Phi) is 5.08. The van der Waals surface area contributed by atoms with E-state index in [9.17, 15) is 13.2 Å². The second kappa shape index (κ2) is 7.42. The lowest BCUT2D eigenvalue weighted by molar-refractivity contribution is 0.0746. The lowest BCUT2D eigenvalue weighted by Crippen LogP contribution is -2.48. The van der Waals surface area contributed by atoms with Crippen LogP contribution in [0, 0.1) is 13.8 Å². The molecule has 29 heavy (non-hydrogen) atoms. The summed E-state index contributed by atoms with van der Waals surface area (Å²) in [4.78, 5) is 21.9. The number of carbonyl (C=O) groups is 1. The van der Waals surface area contributed by atoms with Gasteiger partial charge in [0.1, 0.15) is 0 Å². The number of benzene rings is 2. The number of sulfone groups is 1. The quantitative estimate of drug-likeness (QED) is 0.639. The maximum atomic E-state index is 12.9. The first-order valence-corrected chi connectivity index (χ1v) is 12.2. The first kappa shape index (κ1) is 19.8. The van der Waals surface area contributed by atoms with Crippen LogP contribution in [-0.4, -0.2) is 56.6 Å². The van der Waals surface area contributed by atoms with E-state index >= 15 is 0 Å². The lowest BCUT2D eigenvalue weighted by atomic mass is 10.0. The summed E-state index contributed by atoms with van der Waals surface area (Å²) in [6.45, 7) is 6.68. The van der Waals surface area contributed by atoms with Gasteiger partial charge in [-0.15, -0.1) is 0 Å². The largest absolute Gasteiger partial charge is 0.345 e. The van der Waals surface area contributed by atoms with Gasteiger partial charge in [-0.3, -0.25) is 4.79 Å². The number of piperazine rings is 1.